The second-order valence-electron chi connectivity index (χ2n) is 7.06. The van der Waals surface area contributed by atoms with Crippen molar-refractivity contribution in [3.05, 3.63) is 47.5 Å². The fraction of sp³-hybridized carbons (Fsp3) is 0.368. The molecule has 0 saturated carbocycles. The van der Waals surface area contributed by atoms with Gasteiger partial charge in [0, 0.05) is 13.1 Å². The topological polar surface area (TPSA) is 102 Å². The van der Waals surface area contributed by atoms with Crippen LogP contribution < -0.4 is 18.5 Å². The van der Waals surface area contributed by atoms with E-state index in [1.54, 1.807) is 37.3 Å². The summed E-state index contributed by atoms with van der Waals surface area (Å²) in [5, 5.41) is 0. The quantitative estimate of drug-likeness (QED) is 0.767. The Balaban J connectivity index is 1.58. The third kappa shape index (κ3) is 4.05. The SMILES string of the molecule is Cc1ccc(N2CCCCS2(=O)=O)cc1S(=O)(=O)NCc1ccc2c(c1)OCO2. The summed E-state index contributed by atoms with van der Waals surface area (Å²) in [7, 11) is -7.27. The van der Waals surface area contributed by atoms with E-state index in [-0.39, 0.29) is 24.0 Å². The van der Waals surface area contributed by atoms with E-state index in [9.17, 15) is 16.8 Å². The summed E-state index contributed by atoms with van der Waals surface area (Å²) in [4.78, 5) is 0.0662. The Kier molecular flexibility index (Phi) is 5.18. The number of hydrogen-bond acceptors (Lipinski definition) is 6. The Labute approximate surface area is 170 Å². The summed E-state index contributed by atoms with van der Waals surface area (Å²) < 4.78 is 65.0. The van der Waals surface area contributed by atoms with Crippen molar-refractivity contribution in [2.24, 2.45) is 0 Å². The van der Waals surface area contributed by atoms with Crippen LogP contribution in [0.4, 0.5) is 5.69 Å². The van der Waals surface area contributed by atoms with E-state index >= 15 is 0 Å². The zero-order chi connectivity index (χ0) is 20.6. The van der Waals surface area contributed by atoms with Crippen molar-refractivity contribution in [2.45, 2.75) is 31.2 Å². The summed E-state index contributed by atoms with van der Waals surface area (Å²) in [6.07, 6.45) is 1.37. The van der Waals surface area contributed by atoms with Gasteiger partial charge in [0.2, 0.25) is 26.8 Å². The van der Waals surface area contributed by atoms with Crippen LogP contribution in [0.15, 0.2) is 41.3 Å². The molecule has 0 aromatic heterocycles. The molecule has 1 N–H and O–H groups in total. The fourth-order valence-corrected chi connectivity index (χ4v) is 6.33. The van der Waals surface area contributed by atoms with Gasteiger partial charge >= 0.3 is 0 Å². The van der Waals surface area contributed by atoms with Gasteiger partial charge in [0.05, 0.1) is 16.3 Å². The highest BCUT2D eigenvalue weighted by Crippen LogP contribution is 2.33. The van der Waals surface area contributed by atoms with Gasteiger partial charge in [-0.15, -0.1) is 0 Å². The molecule has 1 fully saturated rings. The summed E-state index contributed by atoms with van der Waals surface area (Å²) in [5.74, 6) is 1.28. The first-order chi connectivity index (χ1) is 13.8. The number of rotatable bonds is 5. The number of anilines is 1. The van der Waals surface area contributed by atoms with Crippen molar-refractivity contribution >= 4 is 25.7 Å². The standard InChI is InChI=1S/C19H22N2O6S2/c1-14-4-6-16(21-8-2-3-9-28(21,22)23)11-19(14)29(24,25)20-12-15-5-7-17-18(10-15)27-13-26-17/h4-7,10-11,20H,2-3,8-9,12-13H2,1H3. The van der Waals surface area contributed by atoms with Crippen LogP contribution in [0.1, 0.15) is 24.0 Å². The molecule has 2 aliphatic heterocycles. The Morgan fingerprint density at radius 2 is 1.86 bits per heavy atom. The van der Waals surface area contributed by atoms with E-state index in [1.165, 1.54) is 10.4 Å². The lowest BCUT2D eigenvalue weighted by molar-refractivity contribution is 0.174. The molecule has 0 radical (unpaired) electrons. The van der Waals surface area contributed by atoms with Gasteiger partial charge in [-0.2, -0.15) is 0 Å². The van der Waals surface area contributed by atoms with Crippen LogP contribution in [0.3, 0.4) is 0 Å². The molecule has 0 bridgehead atoms. The molecule has 29 heavy (non-hydrogen) atoms. The molecule has 0 spiro atoms. The fourth-order valence-electron chi connectivity index (χ4n) is 3.42. The van der Waals surface area contributed by atoms with E-state index < -0.39 is 20.0 Å². The Hall–Kier alpha value is -2.30. The highest BCUT2D eigenvalue weighted by atomic mass is 32.2. The van der Waals surface area contributed by atoms with Crippen molar-refractivity contribution in [1.82, 2.24) is 4.72 Å². The van der Waals surface area contributed by atoms with Crippen LogP contribution in [-0.2, 0) is 26.6 Å². The average Bonchev–Trinajstić information content (AvgIpc) is 3.14. The van der Waals surface area contributed by atoms with Crippen LogP contribution in [0.5, 0.6) is 11.5 Å². The monoisotopic (exact) mass is 438 g/mol. The molecule has 2 aromatic rings. The molecule has 0 amide bonds. The lowest BCUT2D eigenvalue weighted by Gasteiger charge is -2.28. The third-order valence-electron chi connectivity index (χ3n) is 5.00. The van der Waals surface area contributed by atoms with Gasteiger partial charge < -0.3 is 9.47 Å². The van der Waals surface area contributed by atoms with E-state index in [4.69, 9.17) is 9.47 Å². The van der Waals surface area contributed by atoms with Gasteiger partial charge in [-0.1, -0.05) is 12.1 Å². The number of ether oxygens (including phenoxy) is 2. The maximum absolute atomic E-state index is 12.9. The number of hydrogen-bond donors (Lipinski definition) is 1. The first-order valence-electron chi connectivity index (χ1n) is 9.25. The predicted molar refractivity (Wildman–Crippen MR) is 108 cm³/mol. The predicted octanol–water partition coefficient (Wildman–Crippen LogP) is 2.13. The maximum Gasteiger partial charge on any atom is 0.241 e. The molecule has 10 heteroatoms. The highest BCUT2D eigenvalue weighted by molar-refractivity contribution is 7.92. The van der Waals surface area contributed by atoms with Crippen molar-refractivity contribution in [2.75, 3.05) is 23.4 Å². The van der Waals surface area contributed by atoms with E-state index in [0.29, 0.717) is 35.7 Å². The Morgan fingerprint density at radius 3 is 2.66 bits per heavy atom. The van der Waals surface area contributed by atoms with Gasteiger partial charge in [0.1, 0.15) is 0 Å². The van der Waals surface area contributed by atoms with Gasteiger partial charge in [0.15, 0.2) is 11.5 Å². The summed E-state index contributed by atoms with van der Waals surface area (Å²) in [5.41, 5.74) is 1.64. The smallest absolute Gasteiger partial charge is 0.241 e. The molecule has 8 nitrogen and oxygen atoms in total. The van der Waals surface area contributed by atoms with Crippen molar-refractivity contribution in [1.29, 1.82) is 0 Å². The Morgan fingerprint density at radius 1 is 1.07 bits per heavy atom. The molecule has 4 rings (SSSR count). The van der Waals surface area contributed by atoms with Gasteiger partial charge in [-0.3, -0.25) is 4.31 Å². The normalized spacial score (nSPS) is 18.0. The first-order valence-corrected chi connectivity index (χ1v) is 12.3. The lowest BCUT2D eigenvalue weighted by atomic mass is 10.2. The van der Waals surface area contributed by atoms with Crippen molar-refractivity contribution in [3.63, 3.8) is 0 Å². The largest absolute Gasteiger partial charge is 0.454 e. The zero-order valence-corrected chi connectivity index (χ0v) is 17.6. The van der Waals surface area contributed by atoms with Gasteiger partial charge in [-0.25, -0.2) is 21.6 Å². The minimum atomic E-state index is -3.85. The molecule has 156 valence electrons. The molecule has 0 atom stereocenters. The molecular formula is C19H22N2O6S2. The third-order valence-corrected chi connectivity index (χ3v) is 8.41. The molecule has 2 heterocycles. The molecule has 2 aromatic carbocycles. The second kappa shape index (κ2) is 7.51. The van der Waals surface area contributed by atoms with Crippen LogP contribution >= 0.6 is 0 Å². The van der Waals surface area contributed by atoms with Crippen LogP contribution in [0, 0.1) is 6.92 Å². The van der Waals surface area contributed by atoms with Crippen LogP contribution in [-0.4, -0.2) is 35.9 Å². The minimum Gasteiger partial charge on any atom is -0.454 e. The van der Waals surface area contributed by atoms with E-state index in [2.05, 4.69) is 4.72 Å². The zero-order valence-electron chi connectivity index (χ0n) is 15.9. The number of nitrogens with zero attached hydrogens (tertiary/aromatic N) is 1. The lowest BCUT2D eigenvalue weighted by Crippen LogP contribution is -2.38. The number of nitrogens with one attached hydrogen (secondary N) is 1. The van der Waals surface area contributed by atoms with Crippen LogP contribution in [0.2, 0.25) is 0 Å². The molecular weight excluding hydrogens is 416 g/mol. The minimum absolute atomic E-state index is 0.0662. The van der Waals surface area contributed by atoms with Gasteiger partial charge in [0.25, 0.3) is 0 Å². The van der Waals surface area contributed by atoms with Crippen molar-refractivity contribution in [3.8, 4) is 11.5 Å². The van der Waals surface area contributed by atoms with E-state index in [0.717, 1.165) is 12.0 Å². The maximum atomic E-state index is 12.9. The average molecular weight is 439 g/mol. The number of fused-ring (bicyclic) bond motifs is 1. The van der Waals surface area contributed by atoms with E-state index in [1.807, 2.05) is 0 Å². The number of sulfonamides is 2. The molecule has 0 unspecified atom stereocenters. The molecule has 1 saturated heterocycles. The first kappa shape index (κ1) is 20.0. The summed E-state index contributed by atoms with van der Waals surface area (Å²) >= 11 is 0. The van der Waals surface area contributed by atoms with Gasteiger partial charge in [-0.05, 0) is 55.2 Å². The second-order valence-corrected chi connectivity index (χ2v) is 10.8. The Bertz CT molecular complexity index is 1150. The number of aryl methyl sites for hydroxylation is 1. The molecule has 2 aliphatic rings. The van der Waals surface area contributed by atoms with Crippen molar-refractivity contribution < 1.29 is 26.3 Å². The number of benzene rings is 2. The summed E-state index contributed by atoms with van der Waals surface area (Å²) in [6.45, 7) is 2.26. The highest BCUT2D eigenvalue weighted by Gasteiger charge is 2.28. The summed E-state index contributed by atoms with van der Waals surface area (Å²) in [6, 6.07) is 9.94. The van der Waals surface area contributed by atoms with Crippen LogP contribution in [0.25, 0.3) is 0 Å². The molecule has 0 aliphatic carbocycles.